The van der Waals surface area contributed by atoms with Crippen LogP contribution in [-0.4, -0.2) is 45.6 Å². The zero-order chi connectivity index (χ0) is 22.0. The number of nitrogens with one attached hydrogen (secondary N) is 1. The van der Waals surface area contributed by atoms with E-state index >= 15 is 0 Å². The number of hydrogen-bond donors (Lipinski definition) is 1. The average molecular weight is 418 g/mol. The Hall–Kier alpha value is -3.48. The van der Waals surface area contributed by atoms with Gasteiger partial charge in [-0.15, -0.1) is 0 Å². The second kappa shape index (κ2) is 8.71. The summed E-state index contributed by atoms with van der Waals surface area (Å²) < 4.78 is 0. The summed E-state index contributed by atoms with van der Waals surface area (Å²) in [7, 11) is 0. The highest BCUT2D eigenvalue weighted by Gasteiger charge is 2.42. The molecule has 0 spiro atoms. The van der Waals surface area contributed by atoms with Crippen LogP contribution >= 0.6 is 0 Å². The maximum absolute atomic E-state index is 13.4. The molecule has 160 valence electrons. The van der Waals surface area contributed by atoms with Crippen LogP contribution in [0.25, 0.3) is 5.57 Å². The smallest absolute Gasteiger partial charge is 0.278 e. The van der Waals surface area contributed by atoms with Gasteiger partial charge in [0.05, 0.1) is 12.1 Å². The number of pyridine rings is 1. The fraction of sp³-hybridized carbons (Fsp3) is 0.333. The van der Waals surface area contributed by atoms with Crippen molar-refractivity contribution in [2.24, 2.45) is 5.92 Å². The summed E-state index contributed by atoms with van der Waals surface area (Å²) in [6.07, 6.45) is 5.29. The SMILES string of the molecule is CC(=O)Nc1ccc(C2=C(N3CCC(C)CC3)C(=O)N(Cc3ccncc3)C2=O)cc1. The fourth-order valence-electron chi connectivity index (χ4n) is 4.09. The average Bonchev–Trinajstić information content (AvgIpc) is 3.00. The lowest BCUT2D eigenvalue weighted by Crippen LogP contribution is -2.38. The Morgan fingerprint density at radius 1 is 1.03 bits per heavy atom. The lowest BCUT2D eigenvalue weighted by Gasteiger charge is -2.32. The first-order chi connectivity index (χ1) is 14.9. The van der Waals surface area contributed by atoms with Crippen LogP contribution in [0.15, 0.2) is 54.5 Å². The second-order valence-corrected chi connectivity index (χ2v) is 8.20. The predicted molar refractivity (Wildman–Crippen MR) is 117 cm³/mol. The van der Waals surface area contributed by atoms with Crippen molar-refractivity contribution in [3.05, 3.63) is 65.6 Å². The molecule has 0 atom stereocenters. The first-order valence-electron chi connectivity index (χ1n) is 10.6. The molecule has 1 saturated heterocycles. The second-order valence-electron chi connectivity index (χ2n) is 8.20. The quantitative estimate of drug-likeness (QED) is 0.755. The number of hydrogen-bond acceptors (Lipinski definition) is 5. The van der Waals surface area contributed by atoms with Gasteiger partial charge in [-0.3, -0.25) is 24.3 Å². The Morgan fingerprint density at radius 3 is 2.29 bits per heavy atom. The van der Waals surface area contributed by atoms with Crippen molar-refractivity contribution < 1.29 is 14.4 Å². The van der Waals surface area contributed by atoms with Crippen LogP contribution in [0.4, 0.5) is 5.69 Å². The van der Waals surface area contributed by atoms with E-state index < -0.39 is 0 Å². The van der Waals surface area contributed by atoms with Gasteiger partial charge in [0.2, 0.25) is 5.91 Å². The third-order valence-electron chi connectivity index (χ3n) is 5.83. The van der Waals surface area contributed by atoms with Crippen LogP contribution in [-0.2, 0) is 20.9 Å². The highest BCUT2D eigenvalue weighted by Crippen LogP contribution is 2.35. The van der Waals surface area contributed by atoms with Crippen molar-refractivity contribution in [2.75, 3.05) is 18.4 Å². The number of amides is 3. The zero-order valence-electron chi connectivity index (χ0n) is 17.8. The van der Waals surface area contributed by atoms with Gasteiger partial charge in [-0.25, -0.2) is 0 Å². The summed E-state index contributed by atoms with van der Waals surface area (Å²) in [6.45, 7) is 5.38. The molecule has 2 aliphatic rings. The number of benzene rings is 1. The Kier molecular flexibility index (Phi) is 5.84. The van der Waals surface area contributed by atoms with E-state index in [2.05, 4.69) is 22.1 Å². The molecule has 0 unspecified atom stereocenters. The van der Waals surface area contributed by atoms with Crippen molar-refractivity contribution in [1.29, 1.82) is 0 Å². The third-order valence-corrected chi connectivity index (χ3v) is 5.83. The molecule has 2 aromatic rings. The van der Waals surface area contributed by atoms with Crippen molar-refractivity contribution in [2.45, 2.75) is 33.2 Å². The van der Waals surface area contributed by atoms with Crippen LogP contribution in [0, 0.1) is 5.92 Å². The number of piperidine rings is 1. The van der Waals surface area contributed by atoms with Gasteiger partial charge < -0.3 is 10.2 Å². The summed E-state index contributed by atoms with van der Waals surface area (Å²) >= 11 is 0. The molecule has 1 N–H and O–H groups in total. The molecule has 2 aliphatic heterocycles. The molecular weight excluding hydrogens is 392 g/mol. The number of likely N-dealkylation sites (tertiary alicyclic amines) is 1. The van der Waals surface area contributed by atoms with E-state index in [0.717, 1.165) is 31.5 Å². The topological polar surface area (TPSA) is 82.6 Å². The molecule has 0 saturated carbocycles. The van der Waals surface area contributed by atoms with Crippen molar-refractivity contribution in [3.63, 3.8) is 0 Å². The Labute approximate surface area is 181 Å². The molecule has 3 heterocycles. The van der Waals surface area contributed by atoms with Gasteiger partial charge >= 0.3 is 0 Å². The number of anilines is 1. The van der Waals surface area contributed by atoms with Gasteiger partial charge in [-0.2, -0.15) is 0 Å². The normalized spacial score (nSPS) is 17.5. The lowest BCUT2D eigenvalue weighted by molar-refractivity contribution is -0.138. The first kappa shape index (κ1) is 20.8. The zero-order valence-corrected chi connectivity index (χ0v) is 17.8. The summed E-state index contributed by atoms with van der Waals surface area (Å²) in [4.78, 5) is 45.6. The molecule has 1 aromatic carbocycles. The van der Waals surface area contributed by atoms with E-state index in [1.54, 1.807) is 36.7 Å². The number of nitrogens with zero attached hydrogens (tertiary/aromatic N) is 3. The van der Waals surface area contributed by atoms with E-state index in [1.165, 1.54) is 11.8 Å². The van der Waals surface area contributed by atoms with Gasteiger partial charge in [-0.1, -0.05) is 19.1 Å². The van der Waals surface area contributed by atoms with Gasteiger partial charge in [0.25, 0.3) is 11.8 Å². The van der Waals surface area contributed by atoms with Gasteiger partial charge in [0, 0.05) is 38.1 Å². The number of carbonyl (C=O) groups excluding carboxylic acids is 3. The maximum Gasteiger partial charge on any atom is 0.278 e. The number of rotatable bonds is 5. The van der Waals surface area contributed by atoms with E-state index in [-0.39, 0.29) is 24.3 Å². The summed E-state index contributed by atoms with van der Waals surface area (Å²) in [5.41, 5.74) is 3.10. The van der Waals surface area contributed by atoms with Crippen molar-refractivity contribution >= 4 is 29.0 Å². The van der Waals surface area contributed by atoms with Crippen LogP contribution in [0.5, 0.6) is 0 Å². The summed E-state index contributed by atoms with van der Waals surface area (Å²) in [5, 5.41) is 2.73. The lowest BCUT2D eigenvalue weighted by atomic mass is 9.97. The summed E-state index contributed by atoms with van der Waals surface area (Å²) in [6, 6.07) is 10.7. The van der Waals surface area contributed by atoms with Gasteiger partial charge in [-0.05, 0) is 54.2 Å². The van der Waals surface area contributed by atoms with E-state index in [4.69, 9.17) is 0 Å². The molecule has 1 aromatic heterocycles. The largest absolute Gasteiger partial charge is 0.366 e. The summed E-state index contributed by atoms with van der Waals surface area (Å²) in [5.74, 6) is -0.0943. The first-order valence-corrected chi connectivity index (χ1v) is 10.6. The molecule has 1 fully saturated rings. The van der Waals surface area contributed by atoms with Crippen molar-refractivity contribution in [3.8, 4) is 0 Å². The molecule has 0 bridgehead atoms. The molecule has 0 aliphatic carbocycles. The Balaban J connectivity index is 1.70. The highest BCUT2D eigenvalue weighted by atomic mass is 16.2. The van der Waals surface area contributed by atoms with E-state index in [1.807, 2.05) is 12.1 Å². The molecule has 7 heteroatoms. The third kappa shape index (κ3) is 4.35. The van der Waals surface area contributed by atoms with Crippen LogP contribution in [0.3, 0.4) is 0 Å². The molecule has 31 heavy (non-hydrogen) atoms. The molecule has 0 radical (unpaired) electrons. The molecule has 4 rings (SSSR count). The standard InChI is InChI=1S/C24H26N4O3/c1-16-9-13-27(14-10-16)22-21(19-3-5-20(6-4-19)26-17(2)29)23(30)28(24(22)31)15-18-7-11-25-12-8-18/h3-8,11-12,16H,9-10,13-15H2,1-2H3,(H,26,29). The van der Waals surface area contributed by atoms with E-state index in [9.17, 15) is 14.4 Å². The molecule has 3 amide bonds. The Bertz CT molecular complexity index is 1020. The highest BCUT2D eigenvalue weighted by molar-refractivity contribution is 6.35. The Morgan fingerprint density at radius 2 is 1.68 bits per heavy atom. The number of imide groups is 1. The van der Waals surface area contributed by atoms with Gasteiger partial charge in [0.15, 0.2) is 0 Å². The monoisotopic (exact) mass is 418 g/mol. The molecular formula is C24H26N4O3. The number of carbonyl (C=O) groups is 3. The van der Waals surface area contributed by atoms with E-state index in [0.29, 0.717) is 28.4 Å². The number of aromatic nitrogens is 1. The minimum Gasteiger partial charge on any atom is -0.366 e. The van der Waals surface area contributed by atoms with Crippen molar-refractivity contribution in [1.82, 2.24) is 14.8 Å². The van der Waals surface area contributed by atoms with Crippen LogP contribution in [0.2, 0.25) is 0 Å². The predicted octanol–water partition coefficient (Wildman–Crippen LogP) is 3.05. The van der Waals surface area contributed by atoms with Crippen LogP contribution in [0.1, 0.15) is 37.8 Å². The van der Waals surface area contributed by atoms with Crippen LogP contribution < -0.4 is 5.32 Å². The minimum absolute atomic E-state index is 0.161. The fourth-order valence-corrected chi connectivity index (χ4v) is 4.09. The minimum atomic E-state index is -0.289. The maximum atomic E-state index is 13.4. The molecule has 7 nitrogen and oxygen atoms in total. The van der Waals surface area contributed by atoms with Gasteiger partial charge in [0.1, 0.15) is 5.70 Å².